The summed E-state index contributed by atoms with van der Waals surface area (Å²) in [6.07, 6.45) is 0.584. The minimum absolute atomic E-state index is 0.279. The third kappa shape index (κ3) is 5.34. The summed E-state index contributed by atoms with van der Waals surface area (Å²) in [6, 6.07) is 27.3. The van der Waals surface area contributed by atoms with Crippen molar-refractivity contribution in [2.45, 2.75) is 6.42 Å². The van der Waals surface area contributed by atoms with E-state index in [9.17, 15) is 0 Å². The second-order valence-corrected chi connectivity index (χ2v) is 12.3. The Morgan fingerprint density at radius 2 is 1.00 bits per heavy atom. The van der Waals surface area contributed by atoms with Crippen molar-refractivity contribution in [3.63, 3.8) is 0 Å². The summed E-state index contributed by atoms with van der Waals surface area (Å²) in [5.74, 6) is 3.66. The maximum Gasteiger partial charge on any atom is 0.346 e. The number of ether oxygens (including phenoxy) is 2. The van der Waals surface area contributed by atoms with E-state index in [0.29, 0.717) is 52.5 Å². The smallest absolute Gasteiger partial charge is 0.346 e. The average Bonchev–Trinajstić information content (AvgIpc) is 3.87. The molecule has 47 heavy (non-hydrogen) atoms. The van der Waals surface area contributed by atoms with Crippen LogP contribution < -0.4 is 9.47 Å². The summed E-state index contributed by atoms with van der Waals surface area (Å²) in [6.45, 7) is 0. The van der Waals surface area contributed by atoms with Gasteiger partial charge in [0.05, 0.1) is 25.3 Å². The first-order valence-corrected chi connectivity index (χ1v) is 15.9. The lowest BCUT2D eigenvalue weighted by atomic mass is 10.00. The fourth-order valence-electron chi connectivity index (χ4n) is 5.31. The molecule has 12 nitrogen and oxygen atoms in total. The lowest BCUT2D eigenvalue weighted by Gasteiger charge is -2.10. The van der Waals surface area contributed by atoms with E-state index in [4.69, 9.17) is 28.5 Å². The van der Waals surface area contributed by atoms with E-state index in [1.807, 2.05) is 84.9 Å². The van der Waals surface area contributed by atoms with Crippen LogP contribution in [0.1, 0.15) is 11.1 Å². The number of hydrogen-bond acceptors (Lipinski definition) is 10. The van der Waals surface area contributed by atoms with Crippen LogP contribution in [-0.4, -0.2) is 53.8 Å². The highest BCUT2D eigenvalue weighted by Gasteiger charge is 2.21. The van der Waals surface area contributed by atoms with Crippen molar-refractivity contribution < 1.29 is 18.3 Å². The van der Waals surface area contributed by atoms with Crippen molar-refractivity contribution in [2.75, 3.05) is 14.2 Å². The van der Waals surface area contributed by atoms with Crippen molar-refractivity contribution in [1.29, 1.82) is 0 Å². The number of hydrogen-bond donors (Lipinski definition) is 0. The van der Waals surface area contributed by atoms with Gasteiger partial charge in [0, 0.05) is 20.1 Å². The van der Waals surface area contributed by atoms with Gasteiger partial charge < -0.3 is 18.3 Å². The highest BCUT2D eigenvalue weighted by atomic mass is 79.9. The molecule has 0 bridgehead atoms. The van der Waals surface area contributed by atoms with Gasteiger partial charge in [-0.1, -0.05) is 54.2 Å². The molecule has 0 aliphatic heterocycles. The maximum absolute atomic E-state index is 6.04. The summed E-state index contributed by atoms with van der Waals surface area (Å²) in [5, 5.41) is 26.3. The molecule has 232 valence electrons. The first kappa shape index (κ1) is 29.1. The van der Waals surface area contributed by atoms with E-state index in [2.05, 4.69) is 52.3 Å². The van der Waals surface area contributed by atoms with Gasteiger partial charge in [-0.2, -0.15) is 9.03 Å². The number of rotatable bonds is 8. The minimum atomic E-state index is 0.279. The van der Waals surface area contributed by atoms with Gasteiger partial charge in [-0.05, 0) is 90.3 Å². The molecule has 0 saturated heterocycles. The first-order valence-electron chi connectivity index (χ1n) is 14.3. The third-order valence-electron chi connectivity index (χ3n) is 7.58. The van der Waals surface area contributed by atoms with Crippen LogP contribution in [0.4, 0.5) is 0 Å². The number of nitrogens with zero attached hydrogens (tertiary/aromatic N) is 8. The SMILES string of the molecule is COc1ccc(Cc2ccc(OC)c(-c3nn4c(-c5ccc(Br)cc5)nnc4o3)c2)cc1-c1nn2c(-c3ccc(Br)cc3)nnc2o1. The Labute approximate surface area is 283 Å². The molecule has 0 N–H and O–H groups in total. The summed E-state index contributed by atoms with van der Waals surface area (Å²) in [4.78, 5) is 0. The van der Waals surface area contributed by atoms with Crippen LogP contribution in [0.3, 0.4) is 0 Å². The number of halogens is 2. The summed E-state index contributed by atoms with van der Waals surface area (Å²) >= 11 is 6.94. The second kappa shape index (κ2) is 11.8. The third-order valence-corrected chi connectivity index (χ3v) is 8.64. The monoisotopic (exact) mass is 752 g/mol. The van der Waals surface area contributed by atoms with Gasteiger partial charge >= 0.3 is 11.7 Å². The van der Waals surface area contributed by atoms with Crippen molar-refractivity contribution in [1.82, 2.24) is 39.6 Å². The van der Waals surface area contributed by atoms with E-state index in [1.54, 1.807) is 23.3 Å². The largest absolute Gasteiger partial charge is 0.496 e. The fraction of sp³-hybridized carbons (Fsp3) is 0.0909. The zero-order valence-corrected chi connectivity index (χ0v) is 27.9. The quantitative estimate of drug-likeness (QED) is 0.153. The fourth-order valence-corrected chi connectivity index (χ4v) is 5.84. The molecule has 0 aliphatic rings. The van der Waals surface area contributed by atoms with E-state index < -0.39 is 0 Å². The molecule has 4 aromatic carbocycles. The predicted molar refractivity (Wildman–Crippen MR) is 179 cm³/mol. The summed E-state index contributed by atoms with van der Waals surface area (Å²) < 4.78 is 28.5. The van der Waals surface area contributed by atoms with Crippen molar-refractivity contribution in [2.24, 2.45) is 0 Å². The molecule has 0 radical (unpaired) electrons. The highest BCUT2D eigenvalue weighted by Crippen LogP contribution is 2.35. The van der Waals surface area contributed by atoms with Gasteiger partial charge in [0.2, 0.25) is 0 Å². The van der Waals surface area contributed by atoms with Crippen LogP contribution in [0, 0.1) is 0 Å². The summed E-state index contributed by atoms with van der Waals surface area (Å²) in [5.41, 5.74) is 5.10. The number of aromatic nitrogens is 8. The van der Waals surface area contributed by atoms with E-state index in [0.717, 1.165) is 31.2 Å². The Morgan fingerprint density at radius 1 is 0.574 bits per heavy atom. The lowest BCUT2D eigenvalue weighted by Crippen LogP contribution is -1.96. The van der Waals surface area contributed by atoms with E-state index in [1.165, 1.54) is 0 Å². The Hall–Kier alpha value is -5.34. The predicted octanol–water partition coefficient (Wildman–Crippen LogP) is 7.55. The molecule has 0 aliphatic carbocycles. The van der Waals surface area contributed by atoms with Crippen LogP contribution >= 0.6 is 31.9 Å². The minimum Gasteiger partial charge on any atom is -0.496 e. The van der Waals surface area contributed by atoms with E-state index in [-0.39, 0.29) is 11.7 Å². The van der Waals surface area contributed by atoms with Crippen molar-refractivity contribution >= 4 is 43.5 Å². The van der Waals surface area contributed by atoms with Gasteiger partial charge in [0.1, 0.15) is 11.5 Å². The van der Waals surface area contributed by atoms with Crippen LogP contribution in [0.25, 0.3) is 57.4 Å². The Bertz CT molecular complexity index is 2230. The van der Waals surface area contributed by atoms with Crippen molar-refractivity contribution in [3.8, 4) is 57.2 Å². The van der Waals surface area contributed by atoms with Gasteiger partial charge in [-0.25, -0.2) is 0 Å². The molecule has 0 amide bonds. The van der Waals surface area contributed by atoms with E-state index >= 15 is 0 Å². The summed E-state index contributed by atoms with van der Waals surface area (Å²) in [7, 11) is 3.23. The lowest BCUT2D eigenvalue weighted by molar-refractivity contribution is 0.414. The number of fused-ring (bicyclic) bond motifs is 2. The van der Waals surface area contributed by atoms with Crippen LogP contribution in [-0.2, 0) is 6.42 Å². The maximum atomic E-state index is 6.04. The molecule has 14 heteroatoms. The zero-order chi connectivity index (χ0) is 32.1. The van der Waals surface area contributed by atoms with Gasteiger partial charge in [0.15, 0.2) is 11.6 Å². The Kier molecular flexibility index (Phi) is 7.29. The molecule has 0 saturated carbocycles. The first-order chi connectivity index (χ1) is 23.0. The van der Waals surface area contributed by atoms with Crippen LogP contribution in [0.2, 0.25) is 0 Å². The van der Waals surface area contributed by atoms with Gasteiger partial charge in [-0.15, -0.1) is 20.4 Å². The molecule has 8 aromatic rings. The van der Waals surface area contributed by atoms with Crippen LogP contribution in [0.15, 0.2) is 103 Å². The Morgan fingerprint density at radius 3 is 1.40 bits per heavy atom. The number of benzene rings is 4. The molecule has 8 rings (SSSR count). The molecule has 0 atom stereocenters. The van der Waals surface area contributed by atoms with Crippen molar-refractivity contribution in [3.05, 3.63) is 105 Å². The Balaban J connectivity index is 1.12. The normalized spacial score (nSPS) is 11.5. The second-order valence-electron chi connectivity index (χ2n) is 10.5. The molecule has 4 heterocycles. The molecule has 0 fully saturated rings. The zero-order valence-electron chi connectivity index (χ0n) is 24.8. The molecular weight excluding hydrogens is 732 g/mol. The topological polar surface area (TPSA) is 131 Å². The molecule has 4 aromatic heterocycles. The average molecular weight is 754 g/mol. The van der Waals surface area contributed by atoms with Gasteiger partial charge in [-0.3, -0.25) is 0 Å². The highest BCUT2D eigenvalue weighted by molar-refractivity contribution is 9.10. The number of methoxy groups -OCH3 is 2. The van der Waals surface area contributed by atoms with Gasteiger partial charge in [0.25, 0.3) is 11.8 Å². The molecular formula is C33H22Br2N8O4. The standard InChI is InChI=1S/C33H22Br2N8O4/c1-44-26-13-3-18(16-24(26)30-40-42-28(36-38-32(42)46-30)20-5-9-22(34)10-6-20)15-19-4-14-27(45-2)25(17-19)31-41-43-29(37-39-33(43)47-31)21-7-11-23(35)12-8-21/h3-14,16-17H,15H2,1-2H3. The van der Waals surface area contributed by atoms with Crippen LogP contribution in [0.5, 0.6) is 11.5 Å². The molecule has 0 spiro atoms. The molecule has 0 unspecified atom stereocenters.